The molecule has 6 saturated carbocycles. The molecule has 0 atom stereocenters. The predicted molar refractivity (Wildman–Crippen MR) is 37.2 cm³/mol. The van der Waals surface area contributed by atoms with E-state index in [1.807, 2.05) is 0 Å². The summed E-state index contributed by atoms with van der Waals surface area (Å²) in [4.78, 5) is 0. The molecule has 0 aromatic rings. The van der Waals surface area contributed by atoms with Crippen LogP contribution >= 0.6 is 0 Å². The van der Waals surface area contributed by atoms with Crippen LogP contribution in [0.5, 0.6) is 0 Å². The Morgan fingerprint density at radius 3 is 1.58 bits per heavy atom. The molecule has 0 bridgehead atoms. The maximum Gasteiger partial charge on any atom is 0.309 e. The number of rotatable bonds is 1. The fraction of sp³-hybridized carbons (Fsp3) is 1.00. The number of halogens is 1. The molecule has 12 heavy (non-hydrogen) atoms. The third-order valence-electron chi connectivity index (χ3n) is 5.81. The lowest BCUT2D eigenvalue weighted by molar-refractivity contribution is -0.548. The van der Waals surface area contributed by atoms with Gasteiger partial charge in [0.25, 0.3) is 0 Å². The van der Waals surface area contributed by atoms with Crippen molar-refractivity contribution in [2.45, 2.75) is 4.75 Å². The second kappa shape index (κ2) is 0.982. The molecule has 0 aromatic carbocycles. The molecule has 4 heteroatoms. The van der Waals surface area contributed by atoms with Gasteiger partial charge in [0.2, 0.25) is 0 Å². The van der Waals surface area contributed by atoms with Crippen LogP contribution in [-0.2, 0) is 10.2 Å². The molecule has 6 aliphatic carbocycles. The van der Waals surface area contributed by atoms with E-state index in [1.54, 1.807) is 0 Å². The van der Waals surface area contributed by atoms with Gasteiger partial charge >= 0.3 is 10.2 Å². The van der Waals surface area contributed by atoms with Gasteiger partial charge in [0.15, 0.2) is 0 Å². The average molecular weight is 186 g/mol. The fourth-order valence-corrected chi connectivity index (χ4v) is 7.73. The first-order valence-corrected chi connectivity index (χ1v) is 5.94. The lowest BCUT2D eigenvalue weighted by Gasteiger charge is -3.05. The largest absolute Gasteiger partial charge is 0.309 e. The molecule has 0 aliphatic heterocycles. The summed E-state index contributed by atoms with van der Waals surface area (Å²) in [6.45, 7) is 0. The molecular weight excluding hydrogens is 179 g/mol. The molecule has 0 aromatic heterocycles. The Labute approximate surface area is 69.4 Å². The molecule has 0 radical (unpaired) electrons. The Morgan fingerprint density at radius 1 is 0.917 bits per heavy atom. The van der Waals surface area contributed by atoms with Crippen LogP contribution in [0, 0.1) is 41.4 Å². The molecule has 0 unspecified atom stereocenters. The van der Waals surface area contributed by atoms with Gasteiger partial charge in [-0.05, 0) is 41.4 Å². The highest BCUT2D eigenvalue weighted by Crippen LogP contribution is 3.03. The monoisotopic (exact) mass is 186 g/mol. The number of hydrogen-bond donors (Lipinski definition) is 0. The zero-order valence-corrected chi connectivity index (χ0v) is 6.96. The molecule has 0 amide bonds. The van der Waals surface area contributed by atoms with Crippen LogP contribution in [0.15, 0.2) is 0 Å². The summed E-state index contributed by atoms with van der Waals surface area (Å²) in [6, 6.07) is 0. The Hall–Kier alpha value is -0.120. The van der Waals surface area contributed by atoms with Gasteiger partial charge in [0.05, 0.1) is 0 Å². The van der Waals surface area contributed by atoms with E-state index in [2.05, 4.69) is 0 Å². The van der Waals surface area contributed by atoms with Crippen LogP contribution in [0.3, 0.4) is 0 Å². The van der Waals surface area contributed by atoms with Gasteiger partial charge < -0.3 is 0 Å². The van der Waals surface area contributed by atoms with Crippen molar-refractivity contribution in [2.24, 2.45) is 41.4 Å². The van der Waals surface area contributed by atoms with Gasteiger partial charge in [-0.3, -0.25) is 0 Å². The van der Waals surface area contributed by atoms with E-state index < -0.39 is 15.0 Å². The van der Waals surface area contributed by atoms with Crippen molar-refractivity contribution in [3.63, 3.8) is 0 Å². The molecule has 6 rings (SSSR count). The minimum absolute atomic E-state index is 0.275. The van der Waals surface area contributed by atoms with Crippen LogP contribution in [0.2, 0.25) is 0 Å². The van der Waals surface area contributed by atoms with E-state index in [-0.39, 0.29) is 17.8 Å². The summed E-state index contributed by atoms with van der Waals surface area (Å²) in [5.74, 6) is 3.63. The van der Waals surface area contributed by atoms with Gasteiger partial charge in [0, 0.05) is 0 Å². The number of hydrogen-bond acceptors (Lipinski definition) is 2. The third-order valence-corrected chi connectivity index (χ3v) is 7.47. The van der Waals surface area contributed by atoms with Gasteiger partial charge in [0.1, 0.15) is 4.75 Å². The molecule has 0 N–H and O–H groups in total. The van der Waals surface area contributed by atoms with E-state index >= 15 is 0 Å². The molecule has 0 heterocycles. The lowest BCUT2D eigenvalue weighted by Crippen LogP contribution is -3.09. The molecule has 0 spiro atoms. The Balaban J connectivity index is 1.81. The SMILES string of the molecule is O=S(=O)(F)C12C3C4C5C3C1C5C42. The maximum atomic E-state index is 13.0. The van der Waals surface area contributed by atoms with E-state index in [1.165, 1.54) is 0 Å². The summed E-state index contributed by atoms with van der Waals surface area (Å²) in [6.07, 6.45) is 0. The Kier molecular flexibility index (Phi) is 0.457. The first-order valence-electron chi connectivity index (χ1n) is 4.56. The zero-order chi connectivity index (χ0) is 8.04. The highest BCUT2D eigenvalue weighted by atomic mass is 32.3. The molecule has 64 valence electrons. The van der Waals surface area contributed by atoms with Crippen molar-refractivity contribution in [3.05, 3.63) is 0 Å². The maximum absolute atomic E-state index is 13.0. The second-order valence-electron chi connectivity index (χ2n) is 5.18. The van der Waals surface area contributed by atoms with Crippen LogP contribution in [0.4, 0.5) is 3.89 Å². The minimum Gasteiger partial charge on any atom is -0.194 e. The van der Waals surface area contributed by atoms with Crippen LogP contribution in [-0.4, -0.2) is 13.2 Å². The Morgan fingerprint density at radius 2 is 1.33 bits per heavy atom. The van der Waals surface area contributed by atoms with Crippen LogP contribution in [0.1, 0.15) is 0 Å². The standard InChI is InChI=1S/C8H7FO2S/c9-12(10,11)8-5-2-1-3(5)7(8)4(1)6(2)8/h1-7H. The fourth-order valence-electron chi connectivity index (χ4n) is 5.81. The van der Waals surface area contributed by atoms with E-state index in [0.717, 1.165) is 5.92 Å². The van der Waals surface area contributed by atoms with Crippen molar-refractivity contribution >= 4 is 10.2 Å². The van der Waals surface area contributed by atoms with Crippen molar-refractivity contribution in [3.8, 4) is 0 Å². The quantitative estimate of drug-likeness (QED) is 0.556. The summed E-state index contributed by atoms with van der Waals surface area (Å²) >= 11 is 0. The average Bonchev–Trinajstić information content (AvgIpc) is 2.03. The van der Waals surface area contributed by atoms with Crippen molar-refractivity contribution in [1.29, 1.82) is 0 Å². The summed E-state index contributed by atoms with van der Waals surface area (Å²) < 4.78 is 34.1. The summed E-state index contributed by atoms with van der Waals surface area (Å²) in [5, 5.41) is 0. The second-order valence-corrected chi connectivity index (χ2v) is 6.76. The van der Waals surface area contributed by atoms with Crippen LogP contribution in [0.25, 0.3) is 0 Å². The van der Waals surface area contributed by atoms with Crippen molar-refractivity contribution in [2.75, 3.05) is 0 Å². The molecular formula is C8H7FO2S. The molecule has 6 aliphatic rings. The Bertz CT molecular complexity index is 389. The topological polar surface area (TPSA) is 34.1 Å². The van der Waals surface area contributed by atoms with E-state index in [9.17, 15) is 12.3 Å². The van der Waals surface area contributed by atoms with Gasteiger partial charge in [-0.25, -0.2) is 0 Å². The molecule has 0 saturated heterocycles. The minimum atomic E-state index is -4.21. The van der Waals surface area contributed by atoms with Crippen LogP contribution < -0.4 is 0 Å². The van der Waals surface area contributed by atoms with E-state index in [0.29, 0.717) is 17.8 Å². The van der Waals surface area contributed by atoms with Crippen molar-refractivity contribution in [1.82, 2.24) is 0 Å². The zero-order valence-electron chi connectivity index (χ0n) is 6.14. The first kappa shape index (κ1) is 5.58. The molecule has 2 nitrogen and oxygen atoms in total. The van der Waals surface area contributed by atoms with Gasteiger partial charge in [-0.15, -0.1) is 3.89 Å². The lowest BCUT2D eigenvalue weighted by atomic mass is 9.01. The van der Waals surface area contributed by atoms with Gasteiger partial charge in [-0.2, -0.15) is 8.42 Å². The predicted octanol–water partition coefficient (Wildman–Crippen LogP) is 0.406. The normalized spacial score (nSPS) is 83.6. The highest BCUT2D eigenvalue weighted by molar-refractivity contribution is 7.88. The third kappa shape index (κ3) is 0.197. The summed E-state index contributed by atoms with van der Waals surface area (Å²) in [7, 11) is -4.21. The van der Waals surface area contributed by atoms with Crippen molar-refractivity contribution < 1.29 is 12.3 Å². The van der Waals surface area contributed by atoms with E-state index in [4.69, 9.17) is 0 Å². The molecule has 6 fully saturated rings. The summed E-state index contributed by atoms with van der Waals surface area (Å²) in [5.41, 5.74) is 0. The first-order chi connectivity index (χ1) is 5.62. The smallest absolute Gasteiger partial charge is 0.194 e. The van der Waals surface area contributed by atoms with Gasteiger partial charge in [-0.1, -0.05) is 0 Å². The highest BCUT2D eigenvalue weighted by Gasteiger charge is 3.08.